The van der Waals surface area contributed by atoms with Crippen LogP contribution in [-0.4, -0.2) is 12.6 Å². The fourth-order valence-electron chi connectivity index (χ4n) is 2.33. The minimum Gasteiger partial charge on any atom is -0.314 e. The van der Waals surface area contributed by atoms with Gasteiger partial charge in [-0.2, -0.15) is 0 Å². The van der Waals surface area contributed by atoms with E-state index in [2.05, 4.69) is 50.4 Å². The van der Waals surface area contributed by atoms with E-state index in [0.29, 0.717) is 6.04 Å². The zero-order valence-electron chi connectivity index (χ0n) is 10.5. The van der Waals surface area contributed by atoms with Gasteiger partial charge in [-0.15, -0.1) is 0 Å². The van der Waals surface area contributed by atoms with E-state index in [1.54, 1.807) is 5.56 Å². The molecule has 1 N–H and O–H groups in total. The molecule has 0 atom stereocenters. The second kappa shape index (κ2) is 4.84. The third-order valence-corrected chi connectivity index (χ3v) is 3.11. The molecule has 0 saturated heterocycles. The average molecular weight is 215 g/mol. The molecule has 0 saturated carbocycles. The summed E-state index contributed by atoms with van der Waals surface area (Å²) in [7, 11) is 0. The van der Waals surface area contributed by atoms with Gasteiger partial charge in [0.15, 0.2) is 0 Å². The lowest BCUT2D eigenvalue weighted by Gasteiger charge is -2.11. The second-order valence-corrected chi connectivity index (χ2v) is 5.01. The van der Waals surface area contributed by atoms with Crippen molar-refractivity contribution < 1.29 is 0 Å². The van der Waals surface area contributed by atoms with E-state index >= 15 is 0 Å². The molecule has 1 aromatic rings. The summed E-state index contributed by atoms with van der Waals surface area (Å²) >= 11 is 0. The Labute approximate surface area is 98.6 Å². The Morgan fingerprint density at radius 3 is 2.88 bits per heavy atom. The van der Waals surface area contributed by atoms with Crippen LogP contribution in [0.1, 0.15) is 37.5 Å². The van der Waals surface area contributed by atoms with E-state index in [9.17, 15) is 0 Å². The first kappa shape index (κ1) is 11.4. The summed E-state index contributed by atoms with van der Waals surface area (Å²) in [5.41, 5.74) is 5.98. The zero-order valence-corrected chi connectivity index (χ0v) is 10.5. The van der Waals surface area contributed by atoms with Crippen molar-refractivity contribution in [3.8, 4) is 0 Å². The van der Waals surface area contributed by atoms with Gasteiger partial charge in [0.1, 0.15) is 0 Å². The molecule has 0 bridgehead atoms. The van der Waals surface area contributed by atoms with Crippen molar-refractivity contribution >= 4 is 6.08 Å². The maximum absolute atomic E-state index is 3.48. The molecule has 1 aliphatic carbocycles. The fraction of sp³-hybridized carbons (Fsp3) is 0.467. The van der Waals surface area contributed by atoms with Crippen molar-refractivity contribution in [3.05, 3.63) is 40.5 Å². The Bertz CT molecular complexity index is 402. The molecule has 0 aromatic heterocycles. The molecule has 1 aliphatic rings. The third-order valence-electron chi connectivity index (χ3n) is 3.11. The average Bonchev–Trinajstić information content (AvgIpc) is 2.58. The minimum absolute atomic E-state index is 0.580. The summed E-state index contributed by atoms with van der Waals surface area (Å²) in [6, 6.07) is 7.26. The summed E-state index contributed by atoms with van der Waals surface area (Å²) in [5, 5.41) is 3.48. The van der Waals surface area contributed by atoms with Crippen LogP contribution in [0.3, 0.4) is 0 Å². The van der Waals surface area contributed by atoms with E-state index < -0.39 is 0 Å². The standard InChI is InChI=1S/C15H21N/c1-11(2)16-8-7-13-5-4-6-14-9-12(3)10-15(13)14/h4-6,9,11,16H,7-8,10H2,1-3H3. The van der Waals surface area contributed by atoms with Crippen molar-refractivity contribution in [2.75, 3.05) is 6.54 Å². The number of hydrogen-bond acceptors (Lipinski definition) is 1. The Hall–Kier alpha value is -1.08. The van der Waals surface area contributed by atoms with Crippen LogP contribution < -0.4 is 5.32 Å². The molecule has 0 aliphatic heterocycles. The van der Waals surface area contributed by atoms with Gasteiger partial charge in [-0.25, -0.2) is 0 Å². The summed E-state index contributed by atoms with van der Waals surface area (Å²) in [5.74, 6) is 0. The maximum atomic E-state index is 3.48. The normalized spacial score (nSPS) is 14.1. The van der Waals surface area contributed by atoms with E-state index in [1.807, 2.05) is 0 Å². The Morgan fingerprint density at radius 2 is 2.12 bits per heavy atom. The summed E-state index contributed by atoms with van der Waals surface area (Å²) < 4.78 is 0. The molecule has 1 nitrogen and oxygen atoms in total. The van der Waals surface area contributed by atoms with Gasteiger partial charge in [0.05, 0.1) is 0 Å². The molecule has 0 fully saturated rings. The monoisotopic (exact) mass is 215 g/mol. The molecule has 86 valence electrons. The molecule has 0 unspecified atom stereocenters. The van der Waals surface area contributed by atoms with E-state index in [4.69, 9.17) is 0 Å². The number of rotatable bonds is 4. The van der Waals surface area contributed by atoms with Crippen LogP contribution >= 0.6 is 0 Å². The number of allylic oxidation sites excluding steroid dienone is 1. The Morgan fingerprint density at radius 1 is 1.31 bits per heavy atom. The maximum Gasteiger partial charge on any atom is 0.00105 e. The van der Waals surface area contributed by atoms with Gasteiger partial charge < -0.3 is 5.32 Å². The van der Waals surface area contributed by atoms with Crippen LogP contribution in [0.2, 0.25) is 0 Å². The molecular weight excluding hydrogens is 194 g/mol. The van der Waals surface area contributed by atoms with Gasteiger partial charge in [0.2, 0.25) is 0 Å². The highest BCUT2D eigenvalue weighted by molar-refractivity contribution is 5.65. The van der Waals surface area contributed by atoms with Gasteiger partial charge in [0, 0.05) is 6.04 Å². The van der Waals surface area contributed by atoms with Crippen molar-refractivity contribution in [2.45, 2.75) is 39.7 Å². The van der Waals surface area contributed by atoms with Crippen LogP contribution in [0.5, 0.6) is 0 Å². The van der Waals surface area contributed by atoms with Crippen LogP contribution in [0.25, 0.3) is 6.08 Å². The lowest BCUT2D eigenvalue weighted by Crippen LogP contribution is -2.25. The lowest BCUT2D eigenvalue weighted by molar-refractivity contribution is 0.589. The highest BCUT2D eigenvalue weighted by atomic mass is 14.9. The molecule has 1 heteroatoms. The zero-order chi connectivity index (χ0) is 11.5. The van der Waals surface area contributed by atoms with Crippen LogP contribution in [0.15, 0.2) is 23.8 Å². The first-order chi connectivity index (χ1) is 7.66. The molecule has 0 radical (unpaired) electrons. The quantitative estimate of drug-likeness (QED) is 0.813. The second-order valence-electron chi connectivity index (χ2n) is 5.01. The van der Waals surface area contributed by atoms with E-state index in [0.717, 1.165) is 19.4 Å². The van der Waals surface area contributed by atoms with E-state index in [-0.39, 0.29) is 0 Å². The molecular formula is C15H21N. The molecule has 0 amide bonds. The highest BCUT2D eigenvalue weighted by Crippen LogP contribution is 2.27. The summed E-state index contributed by atoms with van der Waals surface area (Å²) in [6.45, 7) is 7.69. The van der Waals surface area contributed by atoms with Gasteiger partial charge in [-0.1, -0.05) is 43.7 Å². The van der Waals surface area contributed by atoms with Crippen molar-refractivity contribution in [3.63, 3.8) is 0 Å². The minimum atomic E-state index is 0.580. The number of benzene rings is 1. The van der Waals surface area contributed by atoms with Gasteiger partial charge in [-0.05, 0) is 43.0 Å². The molecule has 2 rings (SSSR count). The predicted octanol–water partition coefficient (Wildman–Crippen LogP) is 3.19. The van der Waals surface area contributed by atoms with Gasteiger partial charge >= 0.3 is 0 Å². The largest absolute Gasteiger partial charge is 0.314 e. The summed E-state index contributed by atoms with van der Waals surface area (Å²) in [4.78, 5) is 0. The van der Waals surface area contributed by atoms with Crippen LogP contribution in [-0.2, 0) is 12.8 Å². The Kier molecular flexibility index (Phi) is 3.45. The molecule has 1 aromatic carbocycles. The van der Waals surface area contributed by atoms with E-state index in [1.165, 1.54) is 16.7 Å². The topological polar surface area (TPSA) is 12.0 Å². The van der Waals surface area contributed by atoms with Gasteiger partial charge in [0.25, 0.3) is 0 Å². The number of nitrogens with one attached hydrogen (secondary N) is 1. The summed E-state index contributed by atoms with van der Waals surface area (Å²) in [6.07, 6.45) is 4.60. The van der Waals surface area contributed by atoms with Crippen LogP contribution in [0.4, 0.5) is 0 Å². The van der Waals surface area contributed by atoms with Crippen molar-refractivity contribution in [1.29, 1.82) is 0 Å². The molecule has 0 heterocycles. The smallest absolute Gasteiger partial charge is 0.00105 e. The predicted molar refractivity (Wildman–Crippen MR) is 70.6 cm³/mol. The van der Waals surface area contributed by atoms with Crippen molar-refractivity contribution in [1.82, 2.24) is 5.32 Å². The molecule has 16 heavy (non-hydrogen) atoms. The lowest BCUT2D eigenvalue weighted by atomic mass is 9.99. The fourth-order valence-corrected chi connectivity index (χ4v) is 2.33. The van der Waals surface area contributed by atoms with Gasteiger partial charge in [-0.3, -0.25) is 0 Å². The van der Waals surface area contributed by atoms with Crippen molar-refractivity contribution in [2.24, 2.45) is 0 Å². The van der Waals surface area contributed by atoms with Crippen LogP contribution in [0, 0.1) is 0 Å². The molecule has 0 spiro atoms. The Balaban J connectivity index is 2.05. The number of fused-ring (bicyclic) bond motifs is 1. The number of hydrogen-bond donors (Lipinski definition) is 1. The SMILES string of the molecule is CC1=Cc2cccc(CCNC(C)C)c2C1. The first-order valence-corrected chi connectivity index (χ1v) is 6.18. The highest BCUT2D eigenvalue weighted by Gasteiger charge is 2.12. The third kappa shape index (κ3) is 2.53. The first-order valence-electron chi connectivity index (χ1n) is 6.18.